The van der Waals surface area contributed by atoms with Gasteiger partial charge in [-0.05, 0) is 50.7 Å². The Balaban J connectivity index is 1.94. The van der Waals surface area contributed by atoms with E-state index < -0.39 is 5.97 Å². The summed E-state index contributed by atoms with van der Waals surface area (Å²) < 4.78 is 5.43. The van der Waals surface area contributed by atoms with Crippen molar-refractivity contribution in [2.75, 3.05) is 19.7 Å². The number of ether oxygens (including phenoxy) is 1. The maximum absolute atomic E-state index is 12.9. The molecule has 1 amide bonds. The largest absolute Gasteiger partial charge is 0.452 e. The van der Waals surface area contributed by atoms with Gasteiger partial charge in [0.15, 0.2) is 6.61 Å². The topological polar surface area (TPSA) is 59.5 Å². The maximum atomic E-state index is 12.9. The summed E-state index contributed by atoms with van der Waals surface area (Å²) in [6, 6.07) is 7.66. The average molecular weight is 354 g/mol. The number of benzene rings is 1. The minimum Gasteiger partial charge on any atom is -0.452 e. The molecule has 1 aromatic carbocycles. The lowest BCUT2D eigenvalue weighted by atomic mass is 9.84. The fourth-order valence-electron chi connectivity index (χ4n) is 3.66. The molecule has 1 atom stereocenters. The zero-order valence-corrected chi connectivity index (χ0v) is 15.7. The molecule has 0 radical (unpaired) electrons. The lowest BCUT2D eigenvalue weighted by molar-refractivity contribution is -0.134. The highest BCUT2D eigenvalue weighted by Crippen LogP contribution is 2.31. The predicted octanol–water partition coefficient (Wildman–Crippen LogP) is 3.38. The normalized spacial score (nSPS) is 16.2. The van der Waals surface area contributed by atoms with Gasteiger partial charge in [-0.25, -0.2) is 4.79 Å². The number of hydrogen-bond acceptors (Lipinski definition) is 4. The van der Waals surface area contributed by atoms with Gasteiger partial charge < -0.3 is 9.64 Å². The lowest BCUT2D eigenvalue weighted by Crippen LogP contribution is -2.34. The third-order valence-corrected chi connectivity index (χ3v) is 5.15. The minimum atomic E-state index is -0.422. The van der Waals surface area contributed by atoms with Gasteiger partial charge >= 0.3 is 5.97 Å². The lowest BCUT2D eigenvalue weighted by Gasteiger charge is -2.24. The van der Waals surface area contributed by atoms with E-state index in [1.165, 1.54) is 0 Å². The van der Waals surface area contributed by atoms with Gasteiger partial charge in [-0.3, -0.25) is 9.78 Å². The van der Waals surface area contributed by atoms with E-state index in [9.17, 15) is 9.59 Å². The first kappa shape index (κ1) is 18.4. The quantitative estimate of drug-likeness (QED) is 0.772. The molecule has 0 aliphatic heterocycles. The van der Waals surface area contributed by atoms with Crippen LogP contribution in [-0.4, -0.2) is 41.5 Å². The summed E-state index contributed by atoms with van der Waals surface area (Å²) in [5, 5.41) is 0.806. The number of para-hydroxylation sites is 1. The molecule has 138 valence electrons. The zero-order chi connectivity index (χ0) is 18.7. The van der Waals surface area contributed by atoms with Crippen LogP contribution in [0.15, 0.2) is 24.3 Å². The Kier molecular flexibility index (Phi) is 5.55. The third kappa shape index (κ3) is 3.57. The molecule has 1 aliphatic rings. The summed E-state index contributed by atoms with van der Waals surface area (Å²) in [5.74, 6) is -0.0762. The molecule has 0 spiro atoms. The molecular formula is C21H26N2O3. The van der Waals surface area contributed by atoms with Crippen LogP contribution in [0.1, 0.15) is 48.8 Å². The third-order valence-electron chi connectivity index (χ3n) is 5.15. The second-order valence-corrected chi connectivity index (χ2v) is 6.92. The van der Waals surface area contributed by atoms with Crippen LogP contribution in [0.2, 0.25) is 0 Å². The molecule has 1 aromatic heterocycles. The smallest absolute Gasteiger partial charge is 0.339 e. The van der Waals surface area contributed by atoms with E-state index in [0.717, 1.165) is 41.4 Å². The van der Waals surface area contributed by atoms with Gasteiger partial charge in [-0.2, -0.15) is 0 Å². The van der Waals surface area contributed by atoms with Gasteiger partial charge in [0.25, 0.3) is 5.91 Å². The Hall–Kier alpha value is -2.43. The van der Waals surface area contributed by atoms with Crippen molar-refractivity contribution >= 4 is 22.8 Å². The molecule has 3 rings (SSSR count). The first-order valence-corrected chi connectivity index (χ1v) is 9.40. The highest BCUT2D eigenvalue weighted by atomic mass is 16.5. The number of hydrogen-bond donors (Lipinski definition) is 0. The van der Waals surface area contributed by atoms with Gasteiger partial charge in [0.1, 0.15) is 0 Å². The number of aromatic nitrogens is 1. The molecule has 1 heterocycles. The van der Waals surface area contributed by atoms with Crippen LogP contribution in [0.4, 0.5) is 0 Å². The second-order valence-electron chi connectivity index (χ2n) is 6.92. The molecule has 1 aliphatic carbocycles. The first-order chi connectivity index (χ1) is 12.5. The van der Waals surface area contributed by atoms with Crippen LogP contribution >= 0.6 is 0 Å². The van der Waals surface area contributed by atoms with Gasteiger partial charge in [-0.15, -0.1) is 0 Å². The van der Waals surface area contributed by atoms with Gasteiger partial charge in [-0.1, -0.05) is 25.1 Å². The fraction of sp³-hybridized carbons (Fsp3) is 0.476. The Morgan fingerprint density at radius 1 is 1.23 bits per heavy atom. The van der Waals surface area contributed by atoms with Crippen molar-refractivity contribution in [1.29, 1.82) is 0 Å². The highest BCUT2D eigenvalue weighted by Gasteiger charge is 2.26. The summed E-state index contributed by atoms with van der Waals surface area (Å²) in [4.78, 5) is 31.5. The van der Waals surface area contributed by atoms with Crippen molar-refractivity contribution in [2.45, 2.75) is 40.0 Å². The molecular weight excluding hydrogens is 328 g/mol. The van der Waals surface area contributed by atoms with Crippen LogP contribution < -0.4 is 0 Å². The first-order valence-electron chi connectivity index (χ1n) is 9.40. The number of amides is 1. The zero-order valence-electron chi connectivity index (χ0n) is 15.7. The van der Waals surface area contributed by atoms with Crippen molar-refractivity contribution in [2.24, 2.45) is 5.92 Å². The predicted molar refractivity (Wildman–Crippen MR) is 101 cm³/mol. The van der Waals surface area contributed by atoms with Crippen LogP contribution in [0, 0.1) is 5.92 Å². The number of rotatable bonds is 5. The Morgan fingerprint density at radius 3 is 2.69 bits per heavy atom. The van der Waals surface area contributed by atoms with Crippen molar-refractivity contribution in [3.63, 3.8) is 0 Å². The van der Waals surface area contributed by atoms with E-state index in [4.69, 9.17) is 9.72 Å². The average Bonchev–Trinajstić information content (AvgIpc) is 2.65. The summed E-state index contributed by atoms with van der Waals surface area (Å²) >= 11 is 0. The summed E-state index contributed by atoms with van der Waals surface area (Å²) in [7, 11) is 0. The SMILES string of the molecule is CCN(CC)C(=O)COC(=O)c1c2c(nc3ccccc13)CCC(C)C2. The molecule has 0 fully saturated rings. The van der Waals surface area contributed by atoms with Crippen LogP contribution in [0.5, 0.6) is 0 Å². The van der Waals surface area contributed by atoms with Crippen molar-refractivity contribution in [3.8, 4) is 0 Å². The number of esters is 1. The molecule has 5 heteroatoms. The molecule has 5 nitrogen and oxygen atoms in total. The minimum absolute atomic E-state index is 0.163. The standard InChI is InChI=1S/C21H26N2O3/c1-4-23(5-2)19(24)13-26-21(25)20-15-8-6-7-9-17(15)22-18-11-10-14(3)12-16(18)20/h6-9,14H,4-5,10-13H2,1-3H3. The van der Waals surface area contributed by atoms with Crippen LogP contribution in [0.25, 0.3) is 10.9 Å². The molecule has 0 saturated carbocycles. The van der Waals surface area contributed by atoms with E-state index in [0.29, 0.717) is 24.6 Å². The van der Waals surface area contributed by atoms with E-state index in [-0.39, 0.29) is 12.5 Å². The number of fused-ring (bicyclic) bond motifs is 2. The van der Waals surface area contributed by atoms with Crippen molar-refractivity contribution in [3.05, 3.63) is 41.1 Å². The summed E-state index contributed by atoms with van der Waals surface area (Å²) in [6.45, 7) is 7.02. The van der Waals surface area contributed by atoms with Crippen LogP contribution in [-0.2, 0) is 22.4 Å². The molecule has 0 bridgehead atoms. The number of likely N-dealkylation sites (N-methyl/N-ethyl adjacent to an activating group) is 1. The van der Waals surface area contributed by atoms with Gasteiger partial charge in [0.05, 0.1) is 11.1 Å². The Morgan fingerprint density at radius 2 is 1.96 bits per heavy atom. The fourth-order valence-corrected chi connectivity index (χ4v) is 3.66. The number of aryl methyl sites for hydroxylation is 1. The summed E-state index contributed by atoms with van der Waals surface area (Å²) in [6.07, 6.45) is 2.77. The second kappa shape index (κ2) is 7.85. The Labute approximate surface area is 154 Å². The number of nitrogens with zero attached hydrogens (tertiary/aromatic N) is 2. The molecule has 0 saturated heterocycles. The molecule has 1 unspecified atom stereocenters. The van der Waals surface area contributed by atoms with Gasteiger partial charge in [0.2, 0.25) is 0 Å². The molecule has 26 heavy (non-hydrogen) atoms. The van der Waals surface area contributed by atoms with Gasteiger partial charge in [0, 0.05) is 24.2 Å². The number of carbonyl (C=O) groups is 2. The number of carbonyl (C=O) groups excluding carboxylic acids is 2. The van der Waals surface area contributed by atoms with E-state index in [1.807, 2.05) is 38.1 Å². The van der Waals surface area contributed by atoms with E-state index in [1.54, 1.807) is 4.90 Å². The van der Waals surface area contributed by atoms with E-state index >= 15 is 0 Å². The molecule has 0 N–H and O–H groups in total. The highest BCUT2D eigenvalue weighted by molar-refractivity contribution is 6.05. The van der Waals surface area contributed by atoms with Crippen molar-refractivity contribution in [1.82, 2.24) is 9.88 Å². The maximum Gasteiger partial charge on any atom is 0.339 e. The van der Waals surface area contributed by atoms with E-state index in [2.05, 4.69) is 6.92 Å². The van der Waals surface area contributed by atoms with Crippen molar-refractivity contribution < 1.29 is 14.3 Å². The number of pyridine rings is 1. The van der Waals surface area contributed by atoms with Crippen LogP contribution in [0.3, 0.4) is 0 Å². The monoisotopic (exact) mass is 354 g/mol. The molecule has 2 aromatic rings. The Bertz CT molecular complexity index is 827. The summed E-state index contributed by atoms with van der Waals surface area (Å²) in [5.41, 5.74) is 3.37.